The van der Waals surface area contributed by atoms with Gasteiger partial charge in [-0.3, -0.25) is 14.4 Å². The molecule has 3 aromatic rings. The summed E-state index contributed by atoms with van der Waals surface area (Å²) in [6.07, 6.45) is 0.300. The first kappa shape index (κ1) is 21.7. The van der Waals surface area contributed by atoms with Gasteiger partial charge in [0.15, 0.2) is 11.6 Å². The molecule has 0 fully saturated rings. The molecule has 0 unspecified atom stereocenters. The van der Waals surface area contributed by atoms with Crippen LogP contribution in [-0.4, -0.2) is 28.0 Å². The summed E-state index contributed by atoms with van der Waals surface area (Å²) in [5, 5.41) is 2.70. The Kier molecular flexibility index (Phi) is 6.45. The van der Waals surface area contributed by atoms with E-state index in [1.807, 2.05) is 0 Å². The highest BCUT2D eigenvalue weighted by molar-refractivity contribution is 6.01. The van der Waals surface area contributed by atoms with Gasteiger partial charge in [-0.2, -0.15) is 0 Å². The van der Waals surface area contributed by atoms with Gasteiger partial charge in [-0.1, -0.05) is 42.5 Å². The molecule has 0 saturated carbocycles. The van der Waals surface area contributed by atoms with E-state index in [9.17, 15) is 19.2 Å². The Balaban J connectivity index is 1.88. The number of rotatable bonds is 7. The van der Waals surface area contributed by atoms with Gasteiger partial charge in [-0.15, -0.1) is 0 Å². The Bertz CT molecular complexity index is 1150. The zero-order chi connectivity index (χ0) is 22.5. The maximum Gasteiger partial charge on any atom is 0.356 e. The van der Waals surface area contributed by atoms with Crippen LogP contribution in [0.2, 0.25) is 0 Å². The van der Waals surface area contributed by atoms with Gasteiger partial charge in [0.2, 0.25) is 6.10 Å². The van der Waals surface area contributed by atoms with Crippen LogP contribution >= 0.6 is 0 Å². The largest absolute Gasteiger partial charge is 0.443 e. The molecule has 0 aliphatic rings. The number of carbonyl (C=O) groups excluding carboxylic acids is 4. The minimum absolute atomic E-state index is 0.132. The van der Waals surface area contributed by atoms with Gasteiger partial charge in [-0.05, 0) is 32.0 Å². The van der Waals surface area contributed by atoms with E-state index in [1.54, 1.807) is 61.6 Å². The average molecular weight is 418 g/mol. The molecule has 0 aliphatic carbocycles. The molecule has 1 atom stereocenters. The van der Waals surface area contributed by atoms with Crippen molar-refractivity contribution in [2.24, 2.45) is 7.05 Å². The van der Waals surface area contributed by atoms with Crippen molar-refractivity contribution < 1.29 is 23.9 Å². The normalized spacial score (nSPS) is 11.5. The van der Waals surface area contributed by atoms with Gasteiger partial charge < -0.3 is 14.6 Å². The third kappa shape index (κ3) is 5.14. The van der Waals surface area contributed by atoms with Gasteiger partial charge in [0.1, 0.15) is 5.69 Å². The first-order valence-corrected chi connectivity index (χ1v) is 9.61. The number of carbonyl (C=O) groups is 4. The smallest absolute Gasteiger partial charge is 0.356 e. The number of Topliss-reactive ketones (excluding diaryl/α,β-unsaturated/α-hetero) is 2. The van der Waals surface area contributed by atoms with Crippen LogP contribution in [0.1, 0.15) is 56.7 Å². The van der Waals surface area contributed by atoms with E-state index in [2.05, 4.69) is 5.32 Å². The number of hydrogen-bond donors (Lipinski definition) is 1. The molecule has 1 N–H and O–H groups in total. The second-order valence-corrected chi connectivity index (χ2v) is 7.10. The minimum atomic E-state index is -1.23. The van der Waals surface area contributed by atoms with Gasteiger partial charge in [0.25, 0.3) is 5.91 Å². The van der Waals surface area contributed by atoms with Crippen molar-refractivity contribution in [3.63, 3.8) is 0 Å². The van der Waals surface area contributed by atoms with Crippen LogP contribution in [0.4, 0.5) is 5.69 Å². The van der Waals surface area contributed by atoms with E-state index in [0.717, 1.165) is 0 Å². The van der Waals surface area contributed by atoms with Crippen LogP contribution in [-0.2, 0) is 16.6 Å². The second kappa shape index (κ2) is 9.21. The van der Waals surface area contributed by atoms with Gasteiger partial charge >= 0.3 is 5.97 Å². The fourth-order valence-corrected chi connectivity index (χ4v) is 3.05. The molecule has 7 nitrogen and oxygen atoms in total. The number of benzene rings is 2. The molecule has 7 heteroatoms. The van der Waals surface area contributed by atoms with Crippen molar-refractivity contribution in [1.29, 1.82) is 0 Å². The molecule has 3 rings (SSSR count). The van der Waals surface area contributed by atoms with Crippen molar-refractivity contribution in [2.45, 2.75) is 20.0 Å². The molecule has 0 bridgehead atoms. The SMILES string of the molecule is CC(=O)c1cccc(NC(=O)[C@@H](OC(=O)c2cc(C(C)=O)cn2C)c2ccccc2)c1. The summed E-state index contributed by atoms with van der Waals surface area (Å²) in [4.78, 5) is 49.1. The van der Waals surface area contributed by atoms with Crippen molar-refractivity contribution in [3.05, 3.63) is 89.2 Å². The molecular weight excluding hydrogens is 396 g/mol. The molecule has 2 aromatic carbocycles. The maximum atomic E-state index is 13.0. The molecule has 0 aliphatic heterocycles. The first-order chi connectivity index (χ1) is 14.8. The number of ketones is 2. The number of esters is 1. The topological polar surface area (TPSA) is 94.5 Å². The number of anilines is 1. The lowest BCUT2D eigenvalue weighted by Crippen LogP contribution is -2.26. The molecule has 158 valence electrons. The maximum absolute atomic E-state index is 13.0. The Morgan fingerprint density at radius 3 is 2.16 bits per heavy atom. The first-order valence-electron chi connectivity index (χ1n) is 9.61. The van der Waals surface area contributed by atoms with E-state index in [1.165, 1.54) is 30.7 Å². The minimum Gasteiger partial charge on any atom is -0.443 e. The molecule has 0 saturated heterocycles. The number of ether oxygens (including phenoxy) is 1. The molecule has 1 aromatic heterocycles. The third-order valence-corrected chi connectivity index (χ3v) is 4.72. The Morgan fingerprint density at radius 1 is 0.871 bits per heavy atom. The van der Waals surface area contributed by atoms with Gasteiger partial charge in [0.05, 0.1) is 0 Å². The number of hydrogen-bond acceptors (Lipinski definition) is 5. The van der Waals surface area contributed by atoms with Crippen molar-refractivity contribution >= 4 is 29.1 Å². The quantitative estimate of drug-likeness (QED) is 0.463. The van der Waals surface area contributed by atoms with Crippen LogP contribution in [0.25, 0.3) is 0 Å². The third-order valence-electron chi connectivity index (χ3n) is 4.72. The van der Waals surface area contributed by atoms with E-state index in [4.69, 9.17) is 4.74 Å². The summed E-state index contributed by atoms with van der Waals surface area (Å²) >= 11 is 0. The number of aromatic nitrogens is 1. The predicted molar refractivity (Wildman–Crippen MR) is 115 cm³/mol. The fourth-order valence-electron chi connectivity index (χ4n) is 3.05. The summed E-state index contributed by atoms with van der Waals surface area (Å²) in [6, 6.07) is 16.5. The summed E-state index contributed by atoms with van der Waals surface area (Å²) in [5.74, 6) is -1.62. The van der Waals surface area contributed by atoms with E-state index in [0.29, 0.717) is 22.4 Å². The molecule has 0 spiro atoms. The standard InChI is InChI=1S/C24H22N2O5/c1-15(27)18-10-7-11-20(12-18)25-23(29)22(17-8-5-4-6-9-17)31-24(30)21-13-19(16(2)28)14-26(21)3/h4-14,22H,1-3H3,(H,25,29)/t22-/m0/s1. The zero-order valence-corrected chi connectivity index (χ0v) is 17.4. The second-order valence-electron chi connectivity index (χ2n) is 7.10. The van der Waals surface area contributed by atoms with Crippen molar-refractivity contribution in [1.82, 2.24) is 4.57 Å². The highest BCUT2D eigenvalue weighted by Crippen LogP contribution is 2.23. The van der Waals surface area contributed by atoms with Gasteiger partial charge in [0, 0.05) is 35.6 Å². The van der Waals surface area contributed by atoms with Gasteiger partial charge in [-0.25, -0.2) is 4.79 Å². The van der Waals surface area contributed by atoms with Crippen LogP contribution in [0.15, 0.2) is 66.9 Å². The summed E-state index contributed by atoms with van der Waals surface area (Å²) < 4.78 is 7.04. The number of amides is 1. The summed E-state index contributed by atoms with van der Waals surface area (Å²) in [6.45, 7) is 2.84. The molecule has 1 heterocycles. The number of nitrogens with zero attached hydrogens (tertiary/aromatic N) is 1. The van der Waals surface area contributed by atoms with Crippen molar-refractivity contribution in [2.75, 3.05) is 5.32 Å². The number of nitrogens with one attached hydrogen (secondary N) is 1. The van der Waals surface area contributed by atoms with Crippen LogP contribution in [0.3, 0.4) is 0 Å². The highest BCUT2D eigenvalue weighted by Gasteiger charge is 2.27. The monoisotopic (exact) mass is 418 g/mol. The van der Waals surface area contributed by atoms with Crippen LogP contribution in [0, 0.1) is 0 Å². The van der Waals surface area contributed by atoms with E-state index < -0.39 is 18.0 Å². The lowest BCUT2D eigenvalue weighted by atomic mass is 10.1. The summed E-state index contributed by atoms with van der Waals surface area (Å²) in [5.41, 5.74) is 1.87. The van der Waals surface area contributed by atoms with Crippen LogP contribution in [0.5, 0.6) is 0 Å². The lowest BCUT2D eigenvalue weighted by molar-refractivity contribution is -0.125. The zero-order valence-electron chi connectivity index (χ0n) is 17.4. The lowest BCUT2D eigenvalue weighted by Gasteiger charge is -2.18. The Hall–Kier alpha value is -4.00. The van der Waals surface area contributed by atoms with Crippen molar-refractivity contribution in [3.8, 4) is 0 Å². The molecule has 1 amide bonds. The van der Waals surface area contributed by atoms with E-state index in [-0.39, 0.29) is 17.3 Å². The Labute approximate surface area is 179 Å². The Morgan fingerprint density at radius 2 is 1.55 bits per heavy atom. The number of aryl methyl sites for hydroxylation is 1. The molecule has 31 heavy (non-hydrogen) atoms. The van der Waals surface area contributed by atoms with E-state index >= 15 is 0 Å². The fraction of sp³-hybridized carbons (Fsp3) is 0.167. The highest BCUT2D eigenvalue weighted by atomic mass is 16.5. The molecular formula is C24H22N2O5. The summed E-state index contributed by atoms with van der Waals surface area (Å²) in [7, 11) is 1.62. The average Bonchev–Trinajstić information content (AvgIpc) is 3.14. The van der Waals surface area contributed by atoms with Crippen LogP contribution < -0.4 is 5.32 Å². The predicted octanol–water partition coefficient (Wildman–Crippen LogP) is 3.97. The molecule has 0 radical (unpaired) electrons.